The molecule has 18 heavy (non-hydrogen) atoms. The molecule has 0 saturated carbocycles. The lowest BCUT2D eigenvalue weighted by Crippen LogP contribution is -2.24. The number of anilines is 1. The molecule has 0 bridgehead atoms. The molecular weight excluding hydrogens is 297 g/mol. The molecule has 0 aliphatic carbocycles. The molecule has 4 heteroatoms. The lowest BCUT2D eigenvalue weighted by molar-refractivity contribution is -0.117. The third-order valence-corrected chi connectivity index (χ3v) is 3.67. The SMILES string of the molecule is CC(CC(=O)Nc1ccc(Br)cc1F)C(C)(C)C. The second-order valence-electron chi connectivity index (χ2n) is 5.64. The van der Waals surface area contributed by atoms with Gasteiger partial charge in [0.05, 0.1) is 5.69 Å². The van der Waals surface area contributed by atoms with Gasteiger partial charge < -0.3 is 5.32 Å². The molecule has 0 aliphatic heterocycles. The van der Waals surface area contributed by atoms with Crippen LogP contribution in [0.15, 0.2) is 22.7 Å². The molecule has 1 unspecified atom stereocenters. The highest BCUT2D eigenvalue weighted by molar-refractivity contribution is 9.10. The fourth-order valence-corrected chi connectivity index (χ4v) is 1.71. The van der Waals surface area contributed by atoms with Crippen molar-refractivity contribution in [1.29, 1.82) is 0 Å². The molecule has 2 nitrogen and oxygen atoms in total. The maximum absolute atomic E-state index is 13.5. The van der Waals surface area contributed by atoms with Crippen LogP contribution in [0.1, 0.15) is 34.1 Å². The van der Waals surface area contributed by atoms with Crippen molar-refractivity contribution in [3.8, 4) is 0 Å². The minimum atomic E-state index is -0.430. The van der Waals surface area contributed by atoms with Crippen LogP contribution < -0.4 is 5.32 Å². The summed E-state index contributed by atoms with van der Waals surface area (Å²) in [6, 6.07) is 4.59. The van der Waals surface area contributed by atoms with Gasteiger partial charge in [0.15, 0.2) is 0 Å². The number of benzene rings is 1. The Hall–Kier alpha value is -0.900. The molecule has 1 rings (SSSR count). The summed E-state index contributed by atoms with van der Waals surface area (Å²) in [5.41, 5.74) is 0.291. The third-order valence-electron chi connectivity index (χ3n) is 3.18. The average Bonchev–Trinajstić information content (AvgIpc) is 2.20. The van der Waals surface area contributed by atoms with Crippen molar-refractivity contribution in [3.63, 3.8) is 0 Å². The van der Waals surface area contributed by atoms with Gasteiger partial charge in [-0.05, 0) is 29.5 Å². The van der Waals surface area contributed by atoms with Gasteiger partial charge in [0, 0.05) is 10.9 Å². The Morgan fingerprint density at radius 2 is 2.06 bits per heavy atom. The monoisotopic (exact) mass is 315 g/mol. The van der Waals surface area contributed by atoms with Gasteiger partial charge >= 0.3 is 0 Å². The van der Waals surface area contributed by atoms with Gasteiger partial charge in [0.25, 0.3) is 0 Å². The number of hydrogen-bond acceptors (Lipinski definition) is 1. The number of amides is 1. The van der Waals surface area contributed by atoms with Crippen LogP contribution in [0.2, 0.25) is 0 Å². The summed E-state index contributed by atoms with van der Waals surface area (Å²) in [5, 5.41) is 2.61. The molecule has 0 radical (unpaired) electrons. The van der Waals surface area contributed by atoms with Gasteiger partial charge in [-0.1, -0.05) is 43.6 Å². The van der Waals surface area contributed by atoms with Crippen LogP contribution in [0.4, 0.5) is 10.1 Å². The van der Waals surface area contributed by atoms with Crippen molar-refractivity contribution in [2.24, 2.45) is 11.3 Å². The number of hydrogen-bond donors (Lipinski definition) is 1. The van der Waals surface area contributed by atoms with Crippen molar-refractivity contribution >= 4 is 27.5 Å². The Morgan fingerprint density at radius 3 is 2.56 bits per heavy atom. The van der Waals surface area contributed by atoms with Crippen LogP contribution in [0, 0.1) is 17.2 Å². The van der Waals surface area contributed by atoms with Crippen LogP contribution in [-0.4, -0.2) is 5.91 Å². The normalized spacial score (nSPS) is 13.2. The first-order valence-corrected chi connectivity index (χ1v) is 6.74. The molecule has 1 N–H and O–H groups in total. The molecule has 1 aromatic rings. The summed E-state index contributed by atoms with van der Waals surface area (Å²) in [7, 11) is 0. The van der Waals surface area contributed by atoms with Gasteiger partial charge in [-0.3, -0.25) is 4.79 Å². The van der Waals surface area contributed by atoms with Crippen LogP contribution in [0.25, 0.3) is 0 Å². The first-order chi connectivity index (χ1) is 8.20. The molecule has 1 aromatic carbocycles. The fourth-order valence-electron chi connectivity index (χ4n) is 1.38. The summed E-state index contributed by atoms with van der Waals surface area (Å²) in [5.74, 6) is -0.351. The Morgan fingerprint density at radius 1 is 1.44 bits per heavy atom. The molecule has 0 saturated heterocycles. The first kappa shape index (κ1) is 15.2. The Balaban J connectivity index is 2.65. The minimum absolute atomic E-state index is 0.0651. The largest absolute Gasteiger partial charge is 0.324 e. The predicted molar refractivity (Wildman–Crippen MR) is 76.0 cm³/mol. The molecule has 1 amide bonds. The van der Waals surface area contributed by atoms with E-state index >= 15 is 0 Å². The topological polar surface area (TPSA) is 29.1 Å². The Kier molecular flexibility index (Phi) is 4.91. The minimum Gasteiger partial charge on any atom is -0.324 e. The first-order valence-electron chi connectivity index (χ1n) is 5.95. The summed E-state index contributed by atoms with van der Waals surface area (Å²) >= 11 is 3.18. The zero-order valence-corrected chi connectivity index (χ0v) is 12.8. The maximum atomic E-state index is 13.5. The van der Waals surface area contributed by atoms with Crippen LogP contribution in [0.5, 0.6) is 0 Å². The quantitative estimate of drug-likeness (QED) is 0.867. The Labute approximate surface area is 116 Å². The summed E-state index contributed by atoms with van der Waals surface area (Å²) in [4.78, 5) is 11.8. The van der Waals surface area contributed by atoms with Crippen LogP contribution in [0.3, 0.4) is 0 Å². The van der Waals surface area contributed by atoms with Crippen LogP contribution >= 0.6 is 15.9 Å². The van der Waals surface area contributed by atoms with E-state index in [0.717, 1.165) is 0 Å². The van der Waals surface area contributed by atoms with Crippen molar-refractivity contribution < 1.29 is 9.18 Å². The van der Waals surface area contributed by atoms with Crippen molar-refractivity contribution in [2.45, 2.75) is 34.1 Å². The van der Waals surface area contributed by atoms with E-state index < -0.39 is 5.82 Å². The van der Waals surface area contributed by atoms with Crippen molar-refractivity contribution in [1.82, 2.24) is 0 Å². The predicted octanol–water partition coefficient (Wildman–Crippen LogP) is 4.60. The van der Waals surface area contributed by atoms with E-state index in [1.54, 1.807) is 12.1 Å². The van der Waals surface area contributed by atoms with Crippen LogP contribution in [-0.2, 0) is 4.79 Å². The second kappa shape index (κ2) is 5.83. The smallest absolute Gasteiger partial charge is 0.224 e. The zero-order valence-electron chi connectivity index (χ0n) is 11.2. The molecule has 0 aromatic heterocycles. The average molecular weight is 316 g/mol. The number of halogens is 2. The van der Waals surface area contributed by atoms with Gasteiger partial charge in [0.2, 0.25) is 5.91 Å². The lowest BCUT2D eigenvalue weighted by atomic mass is 9.80. The third kappa shape index (κ3) is 4.41. The lowest BCUT2D eigenvalue weighted by Gasteiger charge is -2.26. The molecule has 1 atom stereocenters. The highest BCUT2D eigenvalue weighted by atomic mass is 79.9. The van der Waals surface area contributed by atoms with Gasteiger partial charge in [-0.25, -0.2) is 4.39 Å². The number of carbonyl (C=O) groups is 1. The molecule has 0 fully saturated rings. The molecule has 0 spiro atoms. The number of nitrogens with one attached hydrogen (secondary N) is 1. The van der Waals surface area contributed by atoms with E-state index in [0.29, 0.717) is 10.9 Å². The fraction of sp³-hybridized carbons (Fsp3) is 0.500. The standard InChI is InChI=1S/C14H19BrFNO/c1-9(14(2,3)4)7-13(18)17-12-6-5-10(15)8-11(12)16/h5-6,8-9H,7H2,1-4H3,(H,17,18). The zero-order chi connectivity index (χ0) is 13.9. The van der Waals surface area contributed by atoms with E-state index in [1.165, 1.54) is 6.07 Å². The maximum Gasteiger partial charge on any atom is 0.224 e. The van der Waals surface area contributed by atoms with Crippen molar-refractivity contribution in [3.05, 3.63) is 28.5 Å². The highest BCUT2D eigenvalue weighted by Crippen LogP contribution is 2.28. The second-order valence-corrected chi connectivity index (χ2v) is 6.56. The molecule has 0 heterocycles. The van der Waals surface area contributed by atoms with Gasteiger partial charge in [0.1, 0.15) is 5.82 Å². The van der Waals surface area contributed by atoms with Crippen molar-refractivity contribution in [2.75, 3.05) is 5.32 Å². The van der Waals surface area contributed by atoms with E-state index in [4.69, 9.17) is 0 Å². The number of carbonyl (C=O) groups excluding carboxylic acids is 1. The molecule has 100 valence electrons. The van der Waals surface area contributed by atoms with Gasteiger partial charge in [-0.2, -0.15) is 0 Å². The van der Waals surface area contributed by atoms with Gasteiger partial charge in [-0.15, -0.1) is 0 Å². The van der Waals surface area contributed by atoms with E-state index in [-0.39, 0.29) is 22.9 Å². The Bertz CT molecular complexity index is 440. The number of rotatable bonds is 3. The summed E-state index contributed by atoms with van der Waals surface area (Å²) in [6.45, 7) is 8.29. The summed E-state index contributed by atoms with van der Waals surface area (Å²) in [6.07, 6.45) is 0.388. The molecular formula is C14H19BrFNO. The molecule has 0 aliphatic rings. The van der Waals surface area contributed by atoms with E-state index in [9.17, 15) is 9.18 Å². The highest BCUT2D eigenvalue weighted by Gasteiger charge is 2.22. The van der Waals surface area contributed by atoms with E-state index in [2.05, 4.69) is 42.0 Å². The van der Waals surface area contributed by atoms with E-state index in [1.807, 2.05) is 6.92 Å². The summed E-state index contributed by atoms with van der Waals surface area (Å²) < 4.78 is 14.2.